The number of aliphatic hydroxyl groups excluding tert-OH is 1. The van der Waals surface area contributed by atoms with Crippen molar-refractivity contribution in [3.05, 3.63) is 34.9 Å². The number of hydrogen-bond donors (Lipinski definition) is 4. The van der Waals surface area contributed by atoms with Gasteiger partial charge >= 0.3 is 0 Å². The first-order valence-electron chi connectivity index (χ1n) is 9.34. The number of piperidine rings is 1. The molecule has 3 heterocycles. The van der Waals surface area contributed by atoms with E-state index in [1.54, 1.807) is 4.90 Å². The third-order valence-electron chi connectivity index (χ3n) is 5.78. The van der Waals surface area contributed by atoms with Gasteiger partial charge in [0, 0.05) is 50.3 Å². The molecule has 1 aromatic carbocycles. The predicted molar refractivity (Wildman–Crippen MR) is 96.6 cm³/mol. The Kier molecular flexibility index (Phi) is 4.71. The summed E-state index contributed by atoms with van der Waals surface area (Å²) in [7, 11) is 0. The highest BCUT2D eigenvalue weighted by atomic mass is 16.3. The zero-order valence-corrected chi connectivity index (χ0v) is 15.1. The summed E-state index contributed by atoms with van der Waals surface area (Å²) < 4.78 is 0. The number of nitrogens with one attached hydrogen (secondary N) is 3. The Morgan fingerprint density at radius 3 is 2.74 bits per heavy atom. The highest BCUT2D eigenvalue weighted by molar-refractivity contribution is 6.05. The fraction of sp³-hybridized carbons (Fsp3) is 0.526. The molecule has 0 bridgehead atoms. The monoisotopic (exact) mass is 372 g/mol. The van der Waals surface area contributed by atoms with Gasteiger partial charge in [0.25, 0.3) is 5.91 Å². The Morgan fingerprint density at radius 2 is 2.07 bits per heavy atom. The van der Waals surface area contributed by atoms with Gasteiger partial charge in [0.1, 0.15) is 6.04 Å². The largest absolute Gasteiger partial charge is 0.396 e. The Hall–Kier alpha value is -2.29. The minimum atomic E-state index is -0.585. The molecular weight excluding hydrogens is 348 g/mol. The molecule has 3 aliphatic rings. The summed E-state index contributed by atoms with van der Waals surface area (Å²) >= 11 is 0. The third-order valence-corrected chi connectivity index (χ3v) is 5.78. The van der Waals surface area contributed by atoms with E-state index in [2.05, 4.69) is 16.0 Å². The maximum absolute atomic E-state index is 12.8. The number of carbonyl (C=O) groups is 3. The van der Waals surface area contributed by atoms with E-state index in [0.29, 0.717) is 31.5 Å². The van der Waals surface area contributed by atoms with Crippen molar-refractivity contribution in [2.75, 3.05) is 19.7 Å². The van der Waals surface area contributed by atoms with Crippen molar-refractivity contribution >= 4 is 17.7 Å². The molecule has 0 aliphatic carbocycles. The molecule has 0 spiro atoms. The van der Waals surface area contributed by atoms with E-state index < -0.39 is 11.9 Å². The SMILES string of the molecule is O=C1CCC(N2Cc3ccc(CNC4(CCO)CNC4)cc3C2=O)C(=O)N1. The van der Waals surface area contributed by atoms with Crippen molar-refractivity contribution in [3.8, 4) is 0 Å². The minimum Gasteiger partial charge on any atom is -0.396 e. The number of amides is 3. The molecule has 3 aliphatic heterocycles. The van der Waals surface area contributed by atoms with Crippen molar-refractivity contribution < 1.29 is 19.5 Å². The predicted octanol–water partition coefficient (Wildman–Crippen LogP) is -0.738. The fourth-order valence-electron chi connectivity index (χ4n) is 4.03. The van der Waals surface area contributed by atoms with E-state index in [4.69, 9.17) is 0 Å². The van der Waals surface area contributed by atoms with Gasteiger partial charge in [0.15, 0.2) is 0 Å². The van der Waals surface area contributed by atoms with E-state index in [9.17, 15) is 19.5 Å². The Bertz CT molecular complexity index is 790. The first-order valence-corrected chi connectivity index (χ1v) is 9.34. The van der Waals surface area contributed by atoms with Gasteiger partial charge in [-0.3, -0.25) is 19.7 Å². The van der Waals surface area contributed by atoms with Crippen molar-refractivity contribution in [2.24, 2.45) is 0 Å². The first kappa shape index (κ1) is 18.1. The minimum absolute atomic E-state index is 0.0868. The Balaban J connectivity index is 1.45. The van der Waals surface area contributed by atoms with Crippen LogP contribution in [-0.2, 0) is 22.7 Å². The second kappa shape index (κ2) is 7.03. The third kappa shape index (κ3) is 3.36. The number of hydrogen-bond acceptors (Lipinski definition) is 6. The molecule has 1 unspecified atom stereocenters. The van der Waals surface area contributed by atoms with Gasteiger partial charge in [-0.15, -0.1) is 0 Å². The molecule has 0 saturated carbocycles. The highest BCUT2D eigenvalue weighted by Crippen LogP contribution is 2.28. The topological polar surface area (TPSA) is 111 Å². The lowest BCUT2D eigenvalue weighted by atomic mass is 9.88. The summed E-state index contributed by atoms with van der Waals surface area (Å²) in [6, 6.07) is 5.23. The molecule has 27 heavy (non-hydrogen) atoms. The zero-order valence-electron chi connectivity index (χ0n) is 15.1. The Morgan fingerprint density at radius 1 is 1.26 bits per heavy atom. The second-order valence-electron chi connectivity index (χ2n) is 7.60. The lowest BCUT2D eigenvalue weighted by Gasteiger charge is -2.43. The molecule has 4 rings (SSSR count). The molecule has 2 fully saturated rings. The van der Waals surface area contributed by atoms with E-state index in [0.717, 1.165) is 24.2 Å². The second-order valence-corrected chi connectivity index (χ2v) is 7.60. The molecule has 3 amide bonds. The van der Waals surface area contributed by atoms with Crippen LogP contribution in [0, 0.1) is 0 Å². The maximum atomic E-state index is 12.8. The molecule has 2 saturated heterocycles. The Labute approximate surface area is 157 Å². The summed E-state index contributed by atoms with van der Waals surface area (Å²) in [4.78, 5) is 37.9. The van der Waals surface area contributed by atoms with Crippen molar-refractivity contribution in [3.63, 3.8) is 0 Å². The van der Waals surface area contributed by atoms with Crippen LogP contribution in [0.25, 0.3) is 0 Å². The van der Waals surface area contributed by atoms with Gasteiger partial charge in [-0.2, -0.15) is 0 Å². The number of nitrogens with zero attached hydrogens (tertiary/aromatic N) is 1. The van der Waals surface area contributed by atoms with Crippen LogP contribution in [-0.4, -0.2) is 59.0 Å². The summed E-state index contributed by atoms with van der Waals surface area (Å²) in [6.07, 6.45) is 1.31. The molecule has 0 radical (unpaired) electrons. The van der Waals surface area contributed by atoms with E-state index in [1.807, 2.05) is 18.2 Å². The first-order chi connectivity index (χ1) is 13.0. The van der Waals surface area contributed by atoms with Gasteiger partial charge < -0.3 is 20.6 Å². The number of imide groups is 1. The number of rotatable bonds is 6. The van der Waals surface area contributed by atoms with Crippen LogP contribution in [0.1, 0.15) is 40.7 Å². The van der Waals surface area contributed by atoms with Gasteiger partial charge in [0.2, 0.25) is 11.8 Å². The van der Waals surface area contributed by atoms with E-state index in [-0.39, 0.29) is 30.4 Å². The normalized spacial score (nSPS) is 23.8. The number of carbonyl (C=O) groups excluding carboxylic acids is 3. The van der Waals surface area contributed by atoms with Gasteiger partial charge in [-0.1, -0.05) is 12.1 Å². The van der Waals surface area contributed by atoms with Crippen LogP contribution >= 0.6 is 0 Å². The molecule has 1 atom stereocenters. The standard InChI is InChI=1S/C19H24N4O4/c24-6-5-19(10-20-11-19)21-8-12-1-2-13-9-23(18(27)14(13)7-12)15-3-4-16(25)22-17(15)26/h1-2,7,15,20-21,24H,3-6,8-11H2,(H,22,25,26). The summed E-state index contributed by atoms with van der Waals surface area (Å²) in [5.41, 5.74) is 2.44. The molecule has 4 N–H and O–H groups in total. The molecular formula is C19H24N4O4. The zero-order chi connectivity index (χ0) is 19.0. The van der Waals surface area contributed by atoms with Gasteiger partial charge in [-0.05, 0) is 30.0 Å². The fourth-order valence-corrected chi connectivity index (χ4v) is 4.03. The van der Waals surface area contributed by atoms with Crippen molar-refractivity contribution in [1.82, 2.24) is 20.9 Å². The van der Waals surface area contributed by atoms with Crippen molar-refractivity contribution in [2.45, 2.75) is 43.9 Å². The molecule has 1 aromatic rings. The van der Waals surface area contributed by atoms with Crippen LogP contribution in [0.5, 0.6) is 0 Å². The van der Waals surface area contributed by atoms with Crippen LogP contribution in [0.3, 0.4) is 0 Å². The molecule has 8 nitrogen and oxygen atoms in total. The highest BCUT2D eigenvalue weighted by Gasteiger charge is 2.39. The van der Waals surface area contributed by atoms with Gasteiger partial charge in [-0.25, -0.2) is 0 Å². The lowest BCUT2D eigenvalue weighted by Crippen LogP contribution is -2.67. The number of fused-ring (bicyclic) bond motifs is 1. The van der Waals surface area contributed by atoms with Crippen LogP contribution in [0.2, 0.25) is 0 Å². The summed E-state index contributed by atoms with van der Waals surface area (Å²) in [5.74, 6) is -0.828. The summed E-state index contributed by atoms with van der Waals surface area (Å²) in [5, 5.41) is 18.3. The maximum Gasteiger partial charge on any atom is 0.255 e. The van der Waals surface area contributed by atoms with Crippen molar-refractivity contribution in [1.29, 1.82) is 0 Å². The van der Waals surface area contributed by atoms with E-state index in [1.165, 1.54) is 0 Å². The van der Waals surface area contributed by atoms with E-state index >= 15 is 0 Å². The van der Waals surface area contributed by atoms with Gasteiger partial charge in [0.05, 0.1) is 0 Å². The van der Waals surface area contributed by atoms with Crippen LogP contribution in [0.15, 0.2) is 18.2 Å². The number of benzene rings is 1. The quantitative estimate of drug-likeness (QED) is 0.490. The average Bonchev–Trinajstić information content (AvgIpc) is 2.93. The smallest absolute Gasteiger partial charge is 0.255 e. The number of aliphatic hydroxyl groups is 1. The average molecular weight is 372 g/mol. The lowest BCUT2D eigenvalue weighted by molar-refractivity contribution is -0.136. The van der Waals surface area contributed by atoms with Crippen LogP contribution < -0.4 is 16.0 Å². The molecule has 144 valence electrons. The van der Waals surface area contributed by atoms with Crippen LogP contribution in [0.4, 0.5) is 0 Å². The molecule has 8 heteroatoms. The molecule has 0 aromatic heterocycles. The summed E-state index contributed by atoms with van der Waals surface area (Å²) in [6.45, 7) is 2.78.